The van der Waals surface area contributed by atoms with Crippen LogP contribution >= 0.6 is 0 Å². The van der Waals surface area contributed by atoms with Crippen LogP contribution in [0.5, 0.6) is 0 Å². The van der Waals surface area contributed by atoms with E-state index in [1.807, 2.05) is 0 Å². The Kier molecular flexibility index (Phi) is 4.31. The highest BCUT2D eigenvalue weighted by molar-refractivity contribution is 7.90. The maximum Gasteiger partial charge on any atom is 0.321 e. The summed E-state index contributed by atoms with van der Waals surface area (Å²) in [5, 5.41) is 2.74. The minimum absolute atomic E-state index is 0.181. The second-order valence-electron chi connectivity index (χ2n) is 5.82. The monoisotopic (exact) mass is 340 g/mol. The Hall–Kier alpha value is -1.64. The normalized spacial score (nSPS) is 20.7. The number of hydrogen-bond acceptors (Lipinski definition) is 5. The number of rotatable bonds is 2. The molecular formula is C15H20N2O5S. The Labute approximate surface area is 135 Å². The number of nitrogens with one attached hydrogen (secondary N) is 1. The molecule has 2 saturated heterocycles. The third kappa shape index (κ3) is 3.65. The van der Waals surface area contributed by atoms with Crippen LogP contribution in [-0.2, 0) is 19.3 Å². The molecule has 1 aromatic carbocycles. The van der Waals surface area contributed by atoms with Crippen molar-refractivity contribution in [1.82, 2.24) is 4.90 Å². The van der Waals surface area contributed by atoms with Gasteiger partial charge in [-0.3, -0.25) is 0 Å². The predicted octanol–water partition coefficient (Wildman–Crippen LogP) is 1.46. The minimum Gasteiger partial charge on any atom is -0.347 e. The lowest BCUT2D eigenvalue weighted by Crippen LogP contribution is -2.48. The lowest BCUT2D eigenvalue weighted by molar-refractivity contribution is -0.181. The van der Waals surface area contributed by atoms with Crippen molar-refractivity contribution < 1.29 is 22.7 Å². The van der Waals surface area contributed by atoms with Crippen LogP contribution in [0.3, 0.4) is 0 Å². The largest absolute Gasteiger partial charge is 0.347 e. The standard InChI is InChI=1S/C15H20N2O5S/c1-23(19,20)13-4-2-3-12(11-13)16-14(18)17-7-5-15(6-8-17)21-9-10-22-15/h2-4,11H,5-10H2,1H3,(H,16,18). The fourth-order valence-corrected chi connectivity index (χ4v) is 3.51. The van der Waals surface area contributed by atoms with Gasteiger partial charge < -0.3 is 19.7 Å². The molecule has 0 unspecified atom stereocenters. The minimum atomic E-state index is -3.30. The molecule has 2 fully saturated rings. The molecule has 2 amide bonds. The van der Waals surface area contributed by atoms with Gasteiger partial charge in [0.25, 0.3) is 0 Å². The van der Waals surface area contributed by atoms with Crippen molar-refractivity contribution in [2.24, 2.45) is 0 Å². The molecule has 23 heavy (non-hydrogen) atoms. The molecular weight excluding hydrogens is 320 g/mol. The molecule has 2 aliphatic heterocycles. The van der Waals surface area contributed by atoms with Gasteiger partial charge in [0.1, 0.15) is 0 Å². The summed E-state index contributed by atoms with van der Waals surface area (Å²) in [4.78, 5) is 14.2. The second kappa shape index (κ2) is 6.10. The zero-order valence-corrected chi connectivity index (χ0v) is 13.8. The number of benzene rings is 1. The van der Waals surface area contributed by atoms with Crippen LogP contribution in [0.2, 0.25) is 0 Å². The summed E-state index contributed by atoms with van der Waals surface area (Å²) in [5.41, 5.74) is 0.464. The van der Waals surface area contributed by atoms with Crippen molar-refractivity contribution in [1.29, 1.82) is 0 Å². The Morgan fingerprint density at radius 1 is 1.22 bits per heavy atom. The van der Waals surface area contributed by atoms with Gasteiger partial charge in [-0.25, -0.2) is 13.2 Å². The molecule has 0 aromatic heterocycles. The van der Waals surface area contributed by atoms with Gasteiger partial charge in [-0.2, -0.15) is 0 Å². The molecule has 3 rings (SSSR count). The number of piperidine rings is 1. The fraction of sp³-hybridized carbons (Fsp3) is 0.533. The molecule has 2 heterocycles. The van der Waals surface area contributed by atoms with E-state index < -0.39 is 15.6 Å². The average Bonchev–Trinajstić information content (AvgIpc) is 2.95. The second-order valence-corrected chi connectivity index (χ2v) is 7.84. The van der Waals surface area contributed by atoms with Gasteiger partial charge >= 0.3 is 6.03 Å². The SMILES string of the molecule is CS(=O)(=O)c1cccc(NC(=O)N2CCC3(CC2)OCCO3)c1. The molecule has 0 atom stereocenters. The number of anilines is 1. The number of carbonyl (C=O) groups is 1. The molecule has 8 heteroatoms. The van der Waals surface area contributed by atoms with E-state index in [4.69, 9.17) is 9.47 Å². The lowest BCUT2D eigenvalue weighted by Gasteiger charge is -2.37. The number of amides is 2. The van der Waals surface area contributed by atoms with E-state index in [9.17, 15) is 13.2 Å². The maximum absolute atomic E-state index is 12.3. The summed E-state index contributed by atoms with van der Waals surface area (Å²) in [6.45, 7) is 2.28. The van der Waals surface area contributed by atoms with Gasteiger partial charge in [0.2, 0.25) is 0 Å². The number of hydrogen-bond donors (Lipinski definition) is 1. The van der Waals surface area contributed by atoms with Crippen molar-refractivity contribution in [2.45, 2.75) is 23.5 Å². The Morgan fingerprint density at radius 3 is 2.48 bits per heavy atom. The zero-order chi connectivity index (χ0) is 16.5. The maximum atomic E-state index is 12.3. The van der Waals surface area contributed by atoms with Crippen molar-refractivity contribution in [3.05, 3.63) is 24.3 Å². The molecule has 0 aliphatic carbocycles. The Balaban J connectivity index is 1.62. The highest BCUT2D eigenvalue weighted by Gasteiger charge is 2.40. The molecule has 2 aliphatic rings. The first-order valence-corrected chi connectivity index (χ1v) is 9.41. The first-order valence-electron chi connectivity index (χ1n) is 7.52. The highest BCUT2D eigenvalue weighted by Crippen LogP contribution is 2.31. The lowest BCUT2D eigenvalue weighted by atomic mass is 10.0. The van der Waals surface area contributed by atoms with E-state index in [0.29, 0.717) is 44.8 Å². The number of carbonyl (C=O) groups excluding carboxylic acids is 1. The van der Waals surface area contributed by atoms with Crippen LogP contribution in [0, 0.1) is 0 Å². The summed E-state index contributed by atoms with van der Waals surface area (Å²) in [6.07, 6.45) is 2.42. The quantitative estimate of drug-likeness (QED) is 0.881. The summed E-state index contributed by atoms with van der Waals surface area (Å²) in [7, 11) is -3.30. The van der Waals surface area contributed by atoms with Gasteiger partial charge in [0.05, 0.1) is 18.1 Å². The first kappa shape index (κ1) is 16.2. The molecule has 7 nitrogen and oxygen atoms in total. The molecule has 126 valence electrons. The van der Waals surface area contributed by atoms with Crippen LogP contribution in [0.4, 0.5) is 10.5 Å². The molecule has 1 spiro atoms. The number of sulfone groups is 1. The van der Waals surface area contributed by atoms with E-state index in [-0.39, 0.29) is 10.9 Å². The topological polar surface area (TPSA) is 84.9 Å². The number of likely N-dealkylation sites (tertiary alicyclic amines) is 1. The molecule has 0 radical (unpaired) electrons. The van der Waals surface area contributed by atoms with E-state index in [2.05, 4.69) is 5.32 Å². The number of ether oxygens (including phenoxy) is 2. The Morgan fingerprint density at radius 2 is 1.87 bits per heavy atom. The van der Waals surface area contributed by atoms with Gasteiger partial charge in [-0.15, -0.1) is 0 Å². The van der Waals surface area contributed by atoms with Crippen molar-refractivity contribution in [3.63, 3.8) is 0 Å². The van der Waals surface area contributed by atoms with Crippen LogP contribution in [0.1, 0.15) is 12.8 Å². The number of urea groups is 1. The van der Waals surface area contributed by atoms with Crippen LogP contribution in [0.15, 0.2) is 29.2 Å². The summed E-state index contributed by atoms with van der Waals surface area (Å²) >= 11 is 0. The summed E-state index contributed by atoms with van der Waals surface area (Å²) in [6, 6.07) is 5.99. The summed E-state index contributed by atoms with van der Waals surface area (Å²) < 4.78 is 34.4. The fourth-order valence-electron chi connectivity index (χ4n) is 2.84. The van der Waals surface area contributed by atoms with Crippen LogP contribution in [0.25, 0.3) is 0 Å². The third-order valence-electron chi connectivity index (χ3n) is 4.14. The van der Waals surface area contributed by atoms with Gasteiger partial charge in [0, 0.05) is 37.9 Å². The van der Waals surface area contributed by atoms with Gasteiger partial charge in [-0.1, -0.05) is 6.07 Å². The van der Waals surface area contributed by atoms with Crippen LogP contribution in [-0.4, -0.2) is 57.7 Å². The van der Waals surface area contributed by atoms with Gasteiger partial charge in [0.15, 0.2) is 15.6 Å². The van der Waals surface area contributed by atoms with E-state index >= 15 is 0 Å². The van der Waals surface area contributed by atoms with E-state index in [0.717, 1.165) is 6.26 Å². The van der Waals surface area contributed by atoms with Crippen LogP contribution < -0.4 is 5.32 Å². The van der Waals surface area contributed by atoms with Crippen molar-refractivity contribution in [2.75, 3.05) is 37.9 Å². The molecule has 0 bridgehead atoms. The zero-order valence-electron chi connectivity index (χ0n) is 12.9. The summed E-state index contributed by atoms with van der Waals surface area (Å²) in [5.74, 6) is -0.521. The Bertz CT molecular complexity index is 688. The highest BCUT2D eigenvalue weighted by atomic mass is 32.2. The average molecular weight is 340 g/mol. The van der Waals surface area contributed by atoms with E-state index in [1.165, 1.54) is 12.1 Å². The van der Waals surface area contributed by atoms with E-state index in [1.54, 1.807) is 17.0 Å². The smallest absolute Gasteiger partial charge is 0.321 e. The molecule has 0 saturated carbocycles. The van der Waals surface area contributed by atoms with Crippen molar-refractivity contribution in [3.8, 4) is 0 Å². The van der Waals surface area contributed by atoms with Gasteiger partial charge in [-0.05, 0) is 18.2 Å². The molecule has 1 aromatic rings. The predicted molar refractivity (Wildman–Crippen MR) is 84.0 cm³/mol. The van der Waals surface area contributed by atoms with Crippen molar-refractivity contribution >= 4 is 21.6 Å². The third-order valence-corrected chi connectivity index (χ3v) is 5.25. The molecule has 1 N–H and O–H groups in total. The first-order chi connectivity index (χ1) is 10.9. The number of nitrogens with zero attached hydrogens (tertiary/aromatic N) is 1.